The summed E-state index contributed by atoms with van der Waals surface area (Å²) in [6, 6.07) is 28.2. The molecule has 11 heteroatoms. The minimum Gasteiger partial charge on any atom is -0.476 e. The Bertz CT molecular complexity index is 1740. The number of carbonyl (C=O) groups is 1. The van der Waals surface area contributed by atoms with Gasteiger partial charge in [0.1, 0.15) is 5.75 Å². The van der Waals surface area contributed by atoms with Crippen molar-refractivity contribution in [3.8, 4) is 5.75 Å². The number of sulfonamides is 2. The van der Waals surface area contributed by atoms with Gasteiger partial charge in [-0.25, -0.2) is 16.8 Å². The quantitative estimate of drug-likeness (QED) is 0.317. The van der Waals surface area contributed by atoms with Crippen LogP contribution in [0.2, 0.25) is 0 Å². The Morgan fingerprint density at radius 1 is 0.850 bits per heavy atom. The Balaban J connectivity index is 1.32. The summed E-state index contributed by atoms with van der Waals surface area (Å²) < 4.78 is 62.1. The summed E-state index contributed by atoms with van der Waals surface area (Å²) in [5.41, 5.74) is 2.57. The molecular weight excluding hydrogens is 550 g/mol. The van der Waals surface area contributed by atoms with Crippen molar-refractivity contribution in [2.24, 2.45) is 0 Å². The number of ether oxygens (including phenoxy) is 1. The lowest BCUT2D eigenvalue weighted by atomic mass is 10.2. The van der Waals surface area contributed by atoms with Crippen molar-refractivity contribution in [1.29, 1.82) is 0 Å². The van der Waals surface area contributed by atoms with E-state index in [-0.39, 0.29) is 22.9 Å². The van der Waals surface area contributed by atoms with Crippen LogP contribution in [0.25, 0.3) is 0 Å². The minimum absolute atomic E-state index is 0.0229. The number of aryl methyl sites for hydroxylation is 1. The molecule has 206 valence electrons. The molecule has 0 saturated heterocycles. The molecule has 0 radical (unpaired) electrons. The maximum Gasteiger partial charge on any atom is 0.267 e. The van der Waals surface area contributed by atoms with Crippen LogP contribution in [0.15, 0.2) is 108 Å². The lowest BCUT2D eigenvalue weighted by molar-refractivity contribution is -0.122. The average molecular weight is 578 g/mol. The monoisotopic (exact) mass is 577 g/mol. The molecule has 1 aliphatic heterocycles. The maximum absolute atomic E-state index is 13.4. The van der Waals surface area contributed by atoms with Gasteiger partial charge < -0.3 is 10.1 Å². The fraction of sp³-hybridized carbons (Fsp3) is 0.138. The standard InChI is InChI=1S/C29H27N3O6S2/c1-21-9-5-6-12-25(21)31-40(36,37)24-17-15-23(16-18-24)30-29(33)28-19-32(26-13-7-8-14-27(26)38-28)39(34,35)20-22-10-3-2-4-11-22/h2-18,28,31H,19-20H2,1H3,(H,30,33). The van der Waals surface area contributed by atoms with Gasteiger partial charge in [0.05, 0.1) is 28.6 Å². The number of hydrogen-bond acceptors (Lipinski definition) is 6. The van der Waals surface area contributed by atoms with Crippen molar-refractivity contribution in [2.75, 3.05) is 20.9 Å². The average Bonchev–Trinajstić information content (AvgIpc) is 2.94. The normalized spacial score (nSPS) is 15.0. The SMILES string of the molecule is Cc1ccccc1NS(=O)(=O)c1ccc(NC(=O)C2CN(S(=O)(=O)Cc3ccccc3)c3ccccc3O2)cc1. The fourth-order valence-electron chi connectivity index (χ4n) is 4.30. The summed E-state index contributed by atoms with van der Waals surface area (Å²) in [5.74, 6) is -0.527. The third-order valence-corrected chi connectivity index (χ3v) is 9.47. The number of amides is 1. The number of nitrogens with one attached hydrogen (secondary N) is 2. The summed E-state index contributed by atoms with van der Waals surface area (Å²) in [4.78, 5) is 13.2. The molecule has 1 unspecified atom stereocenters. The maximum atomic E-state index is 13.4. The van der Waals surface area contributed by atoms with E-state index in [1.54, 1.807) is 73.7 Å². The van der Waals surface area contributed by atoms with Gasteiger partial charge in [-0.3, -0.25) is 13.8 Å². The van der Waals surface area contributed by atoms with Gasteiger partial charge in [0.25, 0.3) is 15.9 Å². The number of anilines is 3. The highest BCUT2D eigenvalue weighted by Gasteiger charge is 2.36. The first-order valence-electron chi connectivity index (χ1n) is 12.4. The van der Waals surface area contributed by atoms with Crippen molar-refractivity contribution in [3.05, 3.63) is 114 Å². The second-order valence-corrected chi connectivity index (χ2v) is 12.9. The number of hydrogen-bond donors (Lipinski definition) is 2. The van der Waals surface area contributed by atoms with Crippen LogP contribution in [0.3, 0.4) is 0 Å². The Labute approximate surface area is 233 Å². The van der Waals surface area contributed by atoms with Gasteiger partial charge in [0, 0.05) is 5.69 Å². The highest BCUT2D eigenvalue weighted by molar-refractivity contribution is 7.92. The van der Waals surface area contributed by atoms with E-state index in [1.807, 2.05) is 12.1 Å². The summed E-state index contributed by atoms with van der Waals surface area (Å²) >= 11 is 0. The Morgan fingerprint density at radius 2 is 1.50 bits per heavy atom. The lowest BCUT2D eigenvalue weighted by Crippen LogP contribution is -2.49. The molecule has 0 saturated carbocycles. The zero-order chi connectivity index (χ0) is 28.3. The third-order valence-electron chi connectivity index (χ3n) is 6.38. The van der Waals surface area contributed by atoms with Crippen molar-refractivity contribution in [1.82, 2.24) is 0 Å². The Morgan fingerprint density at radius 3 is 2.23 bits per heavy atom. The van der Waals surface area contributed by atoms with Crippen molar-refractivity contribution in [2.45, 2.75) is 23.7 Å². The summed E-state index contributed by atoms with van der Waals surface area (Å²) in [6.07, 6.45) is -1.13. The van der Waals surface area contributed by atoms with Crippen LogP contribution in [0.4, 0.5) is 17.1 Å². The van der Waals surface area contributed by atoms with Gasteiger partial charge in [0.2, 0.25) is 10.0 Å². The summed E-state index contributed by atoms with van der Waals surface area (Å²) in [7, 11) is -7.69. The van der Waals surface area contributed by atoms with Crippen molar-refractivity contribution >= 4 is 43.0 Å². The molecule has 40 heavy (non-hydrogen) atoms. The van der Waals surface area contributed by atoms with Gasteiger partial charge in [0.15, 0.2) is 6.10 Å². The van der Waals surface area contributed by atoms with E-state index in [0.29, 0.717) is 22.6 Å². The molecule has 1 amide bonds. The van der Waals surface area contributed by atoms with Gasteiger partial charge in [-0.15, -0.1) is 0 Å². The van der Waals surface area contributed by atoms with E-state index < -0.39 is 32.1 Å². The van der Waals surface area contributed by atoms with Gasteiger partial charge in [-0.2, -0.15) is 0 Å². The van der Waals surface area contributed by atoms with Gasteiger partial charge in [-0.1, -0.05) is 60.7 Å². The van der Waals surface area contributed by atoms with Crippen molar-refractivity contribution in [3.63, 3.8) is 0 Å². The lowest BCUT2D eigenvalue weighted by Gasteiger charge is -2.34. The van der Waals surface area contributed by atoms with E-state index in [4.69, 9.17) is 4.74 Å². The molecule has 0 spiro atoms. The fourth-order valence-corrected chi connectivity index (χ4v) is 7.01. The molecule has 4 aromatic rings. The van der Waals surface area contributed by atoms with Crippen LogP contribution in [-0.4, -0.2) is 35.4 Å². The molecular formula is C29H27N3O6S2. The molecule has 1 aliphatic rings. The number of carbonyl (C=O) groups excluding carboxylic acids is 1. The van der Waals surface area contributed by atoms with Crippen LogP contribution in [0.5, 0.6) is 5.75 Å². The molecule has 2 N–H and O–H groups in total. The number of para-hydroxylation sites is 3. The van der Waals surface area contributed by atoms with Crippen molar-refractivity contribution < 1.29 is 26.4 Å². The van der Waals surface area contributed by atoms with Crippen LogP contribution in [0.1, 0.15) is 11.1 Å². The smallest absolute Gasteiger partial charge is 0.267 e. The molecule has 9 nitrogen and oxygen atoms in total. The zero-order valence-electron chi connectivity index (χ0n) is 21.5. The molecule has 0 fully saturated rings. The third kappa shape index (κ3) is 5.95. The molecule has 5 rings (SSSR count). The van der Waals surface area contributed by atoms with E-state index in [1.165, 1.54) is 28.6 Å². The highest BCUT2D eigenvalue weighted by atomic mass is 32.2. The Hall–Kier alpha value is -4.35. The topological polar surface area (TPSA) is 122 Å². The predicted molar refractivity (Wildman–Crippen MR) is 154 cm³/mol. The molecule has 4 aromatic carbocycles. The van der Waals surface area contributed by atoms with Crippen LogP contribution >= 0.6 is 0 Å². The first kappa shape index (κ1) is 27.2. The number of rotatable bonds is 8. The second-order valence-electron chi connectivity index (χ2n) is 9.28. The molecule has 0 aliphatic carbocycles. The number of nitrogens with zero attached hydrogens (tertiary/aromatic N) is 1. The molecule has 0 bridgehead atoms. The first-order valence-corrected chi connectivity index (χ1v) is 15.5. The highest BCUT2D eigenvalue weighted by Crippen LogP contribution is 2.36. The number of fused-ring (bicyclic) bond motifs is 1. The van der Waals surface area contributed by atoms with Gasteiger partial charge in [-0.05, 0) is 60.5 Å². The molecule has 0 aromatic heterocycles. The van der Waals surface area contributed by atoms with Crippen LogP contribution < -0.4 is 19.1 Å². The molecule has 1 heterocycles. The summed E-state index contributed by atoms with van der Waals surface area (Å²) in [6.45, 7) is 1.58. The second kappa shape index (κ2) is 11.0. The first-order chi connectivity index (χ1) is 19.1. The van der Waals surface area contributed by atoms with E-state index >= 15 is 0 Å². The van der Waals surface area contributed by atoms with Gasteiger partial charge >= 0.3 is 0 Å². The molecule has 1 atom stereocenters. The predicted octanol–water partition coefficient (Wildman–Crippen LogP) is 4.53. The van der Waals surface area contributed by atoms with Crippen LogP contribution in [0, 0.1) is 6.92 Å². The van der Waals surface area contributed by atoms with E-state index in [0.717, 1.165) is 5.56 Å². The van der Waals surface area contributed by atoms with Crippen LogP contribution in [-0.2, 0) is 30.6 Å². The van der Waals surface area contributed by atoms with E-state index in [2.05, 4.69) is 10.0 Å². The number of benzene rings is 4. The Kier molecular flexibility index (Phi) is 7.51. The summed E-state index contributed by atoms with van der Waals surface area (Å²) in [5, 5.41) is 2.70. The van der Waals surface area contributed by atoms with E-state index in [9.17, 15) is 21.6 Å². The minimum atomic E-state index is -3.85. The zero-order valence-corrected chi connectivity index (χ0v) is 23.2. The largest absolute Gasteiger partial charge is 0.476 e.